The normalized spacial score (nSPS) is 18.4. The van der Waals surface area contributed by atoms with E-state index in [9.17, 15) is 4.79 Å². The van der Waals surface area contributed by atoms with Gasteiger partial charge in [0.25, 0.3) is 0 Å². The van der Waals surface area contributed by atoms with Crippen LogP contribution in [-0.4, -0.2) is 48.5 Å². The molecule has 0 bridgehead atoms. The van der Waals surface area contributed by atoms with Gasteiger partial charge in [-0.1, -0.05) is 6.42 Å². The molecule has 1 amide bonds. The summed E-state index contributed by atoms with van der Waals surface area (Å²) in [6.07, 6.45) is 3.48. The van der Waals surface area contributed by atoms with E-state index in [1.807, 2.05) is 25.1 Å². The Morgan fingerprint density at radius 3 is 2.67 bits per heavy atom. The van der Waals surface area contributed by atoms with Crippen LogP contribution in [0, 0.1) is 0 Å². The predicted octanol–water partition coefficient (Wildman–Crippen LogP) is 1.34. The number of carbonyl (C=O) groups is 1. The van der Waals surface area contributed by atoms with Crippen molar-refractivity contribution in [2.24, 2.45) is 0 Å². The molecule has 0 radical (unpaired) electrons. The molecule has 0 aliphatic carbocycles. The maximum Gasteiger partial charge on any atom is 0.219 e. The maximum absolute atomic E-state index is 11.4. The Bertz CT molecular complexity index is 497. The molecule has 6 nitrogen and oxygen atoms in total. The van der Waals surface area contributed by atoms with Gasteiger partial charge in [-0.05, 0) is 19.4 Å². The molecule has 2 rings (SSSR count). The third-order valence-electron chi connectivity index (χ3n) is 3.80. The molecule has 0 spiro atoms. The minimum Gasteiger partial charge on any atom is -0.363 e. The molecule has 0 aromatic carbocycles. The summed E-state index contributed by atoms with van der Waals surface area (Å²) in [5.41, 5.74) is 0.883. The highest BCUT2D eigenvalue weighted by molar-refractivity contribution is 5.72. The molecule has 21 heavy (non-hydrogen) atoms. The number of rotatable bonds is 4. The standard InChI is InChI=1S/C15H25N5O/c1-11(21)20(4)10-12-9-14(19(2)3)18-15(17-12)13-7-5-6-8-16-13/h9,13,16H,5-8,10H2,1-4H3/t13-/m0/s1. The van der Waals surface area contributed by atoms with Gasteiger partial charge in [-0.25, -0.2) is 9.97 Å². The van der Waals surface area contributed by atoms with Crippen LogP contribution in [0.5, 0.6) is 0 Å². The van der Waals surface area contributed by atoms with Crippen molar-refractivity contribution in [1.82, 2.24) is 20.2 Å². The Morgan fingerprint density at radius 2 is 2.10 bits per heavy atom. The quantitative estimate of drug-likeness (QED) is 0.907. The van der Waals surface area contributed by atoms with Crippen LogP contribution >= 0.6 is 0 Å². The van der Waals surface area contributed by atoms with E-state index in [2.05, 4.69) is 15.3 Å². The lowest BCUT2D eigenvalue weighted by Crippen LogP contribution is -2.30. The van der Waals surface area contributed by atoms with Crippen molar-refractivity contribution in [1.29, 1.82) is 0 Å². The molecule has 1 saturated heterocycles. The summed E-state index contributed by atoms with van der Waals surface area (Å²) < 4.78 is 0. The Balaban J connectivity index is 2.27. The number of nitrogens with one attached hydrogen (secondary N) is 1. The summed E-state index contributed by atoms with van der Waals surface area (Å²) in [4.78, 5) is 24.4. The average molecular weight is 291 g/mol. The van der Waals surface area contributed by atoms with Crippen molar-refractivity contribution < 1.29 is 4.79 Å². The van der Waals surface area contributed by atoms with E-state index in [1.54, 1.807) is 18.9 Å². The number of nitrogens with zero attached hydrogens (tertiary/aromatic N) is 4. The van der Waals surface area contributed by atoms with Gasteiger partial charge in [0, 0.05) is 34.1 Å². The van der Waals surface area contributed by atoms with E-state index in [-0.39, 0.29) is 11.9 Å². The minimum absolute atomic E-state index is 0.0392. The van der Waals surface area contributed by atoms with E-state index < -0.39 is 0 Å². The zero-order valence-corrected chi connectivity index (χ0v) is 13.4. The van der Waals surface area contributed by atoms with Crippen molar-refractivity contribution in [2.45, 2.75) is 38.8 Å². The van der Waals surface area contributed by atoms with E-state index in [1.165, 1.54) is 12.8 Å². The highest BCUT2D eigenvalue weighted by Crippen LogP contribution is 2.22. The molecule has 1 fully saturated rings. The molecular weight excluding hydrogens is 266 g/mol. The molecule has 0 saturated carbocycles. The van der Waals surface area contributed by atoms with E-state index in [0.29, 0.717) is 6.54 Å². The Hall–Kier alpha value is -1.69. The second-order valence-corrected chi connectivity index (χ2v) is 5.85. The highest BCUT2D eigenvalue weighted by atomic mass is 16.2. The summed E-state index contributed by atoms with van der Waals surface area (Å²) in [5, 5.41) is 3.48. The first-order valence-corrected chi connectivity index (χ1v) is 7.47. The molecule has 1 aromatic heterocycles. The molecule has 1 atom stereocenters. The minimum atomic E-state index is 0.0392. The van der Waals surface area contributed by atoms with Gasteiger partial charge in [0.15, 0.2) is 0 Å². The third-order valence-corrected chi connectivity index (χ3v) is 3.80. The van der Waals surface area contributed by atoms with E-state index in [4.69, 9.17) is 0 Å². The molecular formula is C15H25N5O. The van der Waals surface area contributed by atoms with Crippen LogP contribution in [0.1, 0.15) is 43.7 Å². The fourth-order valence-corrected chi connectivity index (χ4v) is 2.40. The third kappa shape index (κ3) is 4.14. The topological polar surface area (TPSA) is 61.4 Å². The second kappa shape index (κ2) is 6.85. The van der Waals surface area contributed by atoms with Crippen molar-refractivity contribution >= 4 is 11.7 Å². The number of hydrogen-bond acceptors (Lipinski definition) is 5. The molecule has 0 unspecified atom stereocenters. The van der Waals surface area contributed by atoms with Gasteiger partial charge in [-0.2, -0.15) is 0 Å². The first-order chi connectivity index (χ1) is 9.97. The van der Waals surface area contributed by atoms with Gasteiger partial charge in [-0.15, -0.1) is 0 Å². The van der Waals surface area contributed by atoms with Crippen LogP contribution in [-0.2, 0) is 11.3 Å². The number of carbonyl (C=O) groups excluding carboxylic acids is 1. The zero-order chi connectivity index (χ0) is 15.4. The van der Waals surface area contributed by atoms with Gasteiger partial charge in [0.05, 0.1) is 18.3 Å². The van der Waals surface area contributed by atoms with Gasteiger partial charge in [0.1, 0.15) is 11.6 Å². The lowest BCUT2D eigenvalue weighted by molar-refractivity contribution is -0.128. The fourth-order valence-electron chi connectivity index (χ4n) is 2.40. The summed E-state index contributed by atoms with van der Waals surface area (Å²) in [5.74, 6) is 1.77. The van der Waals surface area contributed by atoms with Crippen molar-refractivity contribution in [2.75, 3.05) is 32.6 Å². The number of amides is 1. The maximum atomic E-state index is 11.4. The first kappa shape index (κ1) is 15.7. The van der Waals surface area contributed by atoms with Crippen LogP contribution in [0.25, 0.3) is 0 Å². The molecule has 1 N–H and O–H groups in total. The molecule has 1 aliphatic heterocycles. The summed E-state index contributed by atoms with van der Waals surface area (Å²) in [7, 11) is 5.73. The fraction of sp³-hybridized carbons (Fsp3) is 0.667. The molecule has 116 valence electrons. The first-order valence-electron chi connectivity index (χ1n) is 7.47. The second-order valence-electron chi connectivity index (χ2n) is 5.85. The van der Waals surface area contributed by atoms with Gasteiger partial charge >= 0.3 is 0 Å². The van der Waals surface area contributed by atoms with Crippen LogP contribution in [0.4, 0.5) is 5.82 Å². The number of aromatic nitrogens is 2. The number of piperidine rings is 1. The summed E-state index contributed by atoms with van der Waals surface area (Å²) >= 11 is 0. The van der Waals surface area contributed by atoms with Crippen LogP contribution in [0.15, 0.2) is 6.07 Å². The van der Waals surface area contributed by atoms with Crippen molar-refractivity contribution in [3.63, 3.8) is 0 Å². The summed E-state index contributed by atoms with van der Waals surface area (Å²) in [6.45, 7) is 3.10. The van der Waals surface area contributed by atoms with Gasteiger partial charge in [0.2, 0.25) is 5.91 Å². The van der Waals surface area contributed by atoms with E-state index >= 15 is 0 Å². The van der Waals surface area contributed by atoms with Gasteiger partial charge in [-0.3, -0.25) is 4.79 Å². The Kier molecular flexibility index (Phi) is 5.12. The highest BCUT2D eigenvalue weighted by Gasteiger charge is 2.19. The molecule has 1 aliphatic rings. The number of anilines is 1. The average Bonchev–Trinajstić information content (AvgIpc) is 2.47. The van der Waals surface area contributed by atoms with E-state index in [0.717, 1.165) is 30.3 Å². The smallest absolute Gasteiger partial charge is 0.219 e. The largest absolute Gasteiger partial charge is 0.363 e. The van der Waals surface area contributed by atoms with Gasteiger partial charge < -0.3 is 15.1 Å². The molecule has 2 heterocycles. The van der Waals surface area contributed by atoms with Crippen LogP contribution in [0.3, 0.4) is 0 Å². The predicted molar refractivity (Wildman–Crippen MR) is 83.1 cm³/mol. The molecule has 6 heteroatoms. The number of hydrogen-bond donors (Lipinski definition) is 1. The van der Waals surface area contributed by atoms with Crippen LogP contribution in [0.2, 0.25) is 0 Å². The molecule has 1 aromatic rings. The monoisotopic (exact) mass is 291 g/mol. The summed E-state index contributed by atoms with van der Waals surface area (Å²) in [6, 6.07) is 2.17. The SMILES string of the molecule is CC(=O)N(C)Cc1cc(N(C)C)nc([C@@H]2CCCCN2)n1. The zero-order valence-electron chi connectivity index (χ0n) is 13.4. The van der Waals surface area contributed by atoms with Crippen molar-refractivity contribution in [3.8, 4) is 0 Å². The Labute approximate surface area is 126 Å². The Morgan fingerprint density at radius 1 is 1.33 bits per heavy atom. The van der Waals surface area contributed by atoms with Crippen LogP contribution < -0.4 is 10.2 Å². The lowest BCUT2D eigenvalue weighted by Gasteiger charge is -2.24. The van der Waals surface area contributed by atoms with Crippen molar-refractivity contribution in [3.05, 3.63) is 17.6 Å². The lowest BCUT2D eigenvalue weighted by atomic mass is 10.0.